The first kappa shape index (κ1) is 12.4. The minimum absolute atomic E-state index is 0.182. The van der Waals surface area contributed by atoms with E-state index in [1.807, 2.05) is 0 Å². The molecule has 3 rings (SSSR count). The Morgan fingerprint density at radius 3 is 2.83 bits per heavy atom. The number of carboxylic acid groups (broad SMARTS) is 1. The van der Waals surface area contributed by atoms with E-state index < -0.39 is 12.0 Å². The number of carbonyl (C=O) groups is 2. The zero-order valence-electron chi connectivity index (χ0n) is 9.67. The van der Waals surface area contributed by atoms with Crippen molar-refractivity contribution in [2.75, 3.05) is 11.5 Å². The van der Waals surface area contributed by atoms with Crippen molar-refractivity contribution in [1.29, 1.82) is 0 Å². The molecule has 0 spiro atoms. The minimum Gasteiger partial charge on any atom is -0.477 e. The molecule has 3 aliphatic rings. The summed E-state index contributed by atoms with van der Waals surface area (Å²) in [5.41, 5.74) is 6.81. The highest BCUT2D eigenvalue weighted by Gasteiger charge is 2.52. The van der Waals surface area contributed by atoms with Gasteiger partial charge in [0, 0.05) is 11.0 Å². The Kier molecular flexibility index (Phi) is 3.07. The van der Waals surface area contributed by atoms with Crippen LogP contribution in [0.2, 0.25) is 0 Å². The average molecular weight is 286 g/mol. The van der Waals surface area contributed by atoms with Crippen LogP contribution in [-0.2, 0) is 9.59 Å². The van der Waals surface area contributed by atoms with Gasteiger partial charge in [0.1, 0.15) is 17.1 Å². The largest absolute Gasteiger partial charge is 0.477 e. The molecule has 3 heterocycles. The van der Waals surface area contributed by atoms with Crippen LogP contribution in [0, 0.1) is 0 Å². The molecule has 3 atom stereocenters. The van der Waals surface area contributed by atoms with Crippen molar-refractivity contribution in [1.82, 2.24) is 4.90 Å². The number of carbonyl (C=O) groups excluding carboxylic acids is 1. The van der Waals surface area contributed by atoms with Crippen LogP contribution in [-0.4, -0.2) is 50.1 Å². The Balaban J connectivity index is 1.97. The van der Waals surface area contributed by atoms with Gasteiger partial charge in [0.05, 0.1) is 0 Å². The number of rotatable bonds is 2. The summed E-state index contributed by atoms with van der Waals surface area (Å²) >= 11 is 3.38. The van der Waals surface area contributed by atoms with Gasteiger partial charge in [0.2, 0.25) is 5.91 Å². The monoisotopic (exact) mass is 286 g/mol. The standard InChI is InChI=1S/C11H14N2O3S2/c12-7-9(14)13-8(11(15)16)5(4-18-10(7)13)6-2-1-3-17-6/h6-7,10H,1-4,12H2,(H,15,16)/t6?,7?,10-/m0/s1. The van der Waals surface area contributed by atoms with Gasteiger partial charge in [0.25, 0.3) is 0 Å². The summed E-state index contributed by atoms with van der Waals surface area (Å²) in [6.45, 7) is 0. The summed E-state index contributed by atoms with van der Waals surface area (Å²) in [4.78, 5) is 24.6. The third kappa shape index (κ3) is 1.68. The lowest BCUT2D eigenvalue weighted by Crippen LogP contribution is -2.68. The summed E-state index contributed by atoms with van der Waals surface area (Å²) in [5, 5.41) is 9.46. The first-order chi connectivity index (χ1) is 8.61. The molecule has 0 bridgehead atoms. The van der Waals surface area contributed by atoms with Gasteiger partial charge in [-0.05, 0) is 24.2 Å². The second kappa shape index (κ2) is 4.47. The van der Waals surface area contributed by atoms with Gasteiger partial charge in [-0.2, -0.15) is 11.8 Å². The normalized spacial score (nSPS) is 35.5. The van der Waals surface area contributed by atoms with Crippen molar-refractivity contribution in [3.05, 3.63) is 11.3 Å². The van der Waals surface area contributed by atoms with E-state index in [1.165, 1.54) is 4.90 Å². The van der Waals surface area contributed by atoms with Crippen molar-refractivity contribution < 1.29 is 14.7 Å². The Labute approximate surface area is 113 Å². The van der Waals surface area contributed by atoms with E-state index in [2.05, 4.69) is 0 Å². The molecule has 0 aromatic rings. The first-order valence-corrected chi connectivity index (χ1v) is 7.99. The van der Waals surface area contributed by atoms with E-state index in [9.17, 15) is 14.7 Å². The maximum atomic E-state index is 11.8. The van der Waals surface area contributed by atoms with E-state index in [-0.39, 0.29) is 22.2 Å². The quantitative estimate of drug-likeness (QED) is 0.718. The lowest BCUT2D eigenvalue weighted by molar-refractivity contribution is -0.148. The third-order valence-electron chi connectivity index (χ3n) is 3.56. The highest BCUT2D eigenvalue weighted by molar-refractivity contribution is 8.01. The van der Waals surface area contributed by atoms with Crippen molar-refractivity contribution in [3.8, 4) is 0 Å². The number of nitrogens with two attached hydrogens (primary N) is 1. The van der Waals surface area contributed by atoms with Crippen LogP contribution in [0.25, 0.3) is 0 Å². The Hall–Kier alpha value is -0.660. The molecule has 0 radical (unpaired) electrons. The molecule has 0 aromatic carbocycles. The Bertz CT molecular complexity index is 446. The van der Waals surface area contributed by atoms with Crippen LogP contribution in [0.4, 0.5) is 0 Å². The van der Waals surface area contributed by atoms with Crippen molar-refractivity contribution >= 4 is 35.4 Å². The highest BCUT2D eigenvalue weighted by atomic mass is 32.2. The number of fused-ring (bicyclic) bond motifs is 1. The van der Waals surface area contributed by atoms with E-state index in [4.69, 9.17) is 5.73 Å². The lowest BCUT2D eigenvalue weighted by Gasteiger charge is -2.48. The van der Waals surface area contributed by atoms with Gasteiger partial charge >= 0.3 is 5.97 Å². The van der Waals surface area contributed by atoms with Crippen LogP contribution in [0.3, 0.4) is 0 Å². The van der Waals surface area contributed by atoms with Gasteiger partial charge in [0.15, 0.2) is 0 Å². The molecule has 2 saturated heterocycles. The zero-order chi connectivity index (χ0) is 12.9. The zero-order valence-corrected chi connectivity index (χ0v) is 11.3. The number of hydrogen-bond acceptors (Lipinski definition) is 5. The first-order valence-electron chi connectivity index (χ1n) is 5.89. The van der Waals surface area contributed by atoms with E-state index in [0.717, 1.165) is 24.2 Å². The molecule has 3 N–H and O–H groups in total. The van der Waals surface area contributed by atoms with Crippen LogP contribution in [0.1, 0.15) is 12.8 Å². The summed E-state index contributed by atoms with van der Waals surface area (Å²) in [7, 11) is 0. The smallest absolute Gasteiger partial charge is 0.352 e. The third-order valence-corrected chi connectivity index (χ3v) is 6.33. The fourth-order valence-corrected chi connectivity index (χ4v) is 5.46. The van der Waals surface area contributed by atoms with Crippen LogP contribution in [0.5, 0.6) is 0 Å². The number of β-lactam (4-membered cyclic amide) rings is 1. The highest BCUT2D eigenvalue weighted by Crippen LogP contribution is 2.44. The Morgan fingerprint density at radius 1 is 1.44 bits per heavy atom. The van der Waals surface area contributed by atoms with E-state index in [1.54, 1.807) is 23.5 Å². The van der Waals surface area contributed by atoms with Crippen LogP contribution < -0.4 is 5.73 Å². The van der Waals surface area contributed by atoms with E-state index >= 15 is 0 Å². The van der Waals surface area contributed by atoms with Gasteiger partial charge in [-0.1, -0.05) is 0 Å². The summed E-state index contributed by atoms with van der Waals surface area (Å²) in [6, 6.07) is -0.540. The molecule has 1 amide bonds. The van der Waals surface area contributed by atoms with Gasteiger partial charge in [-0.25, -0.2) is 4.79 Å². The van der Waals surface area contributed by atoms with Gasteiger partial charge in [-0.15, -0.1) is 11.8 Å². The summed E-state index contributed by atoms with van der Waals surface area (Å²) in [5.74, 6) is 0.498. The molecule has 7 heteroatoms. The SMILES string of the molecule is NC1C(=O)N2C(C(=O)O)=C(C3CCCS3)CS[C@@H]12. The maximum Gasteiger partial charge on any atom is 0.352 e. The number of hydrogen-bond donors (Lipinski definition) is 2. The fraction of sp³-hybridized carbons (Fsp3) is 0.636. The van der Waals surface area contributed by atoms with Gasteiger partial charge < -0.3 is 10.8 Å². The van der Waals surface area contributed by atoms with Crippen molar-refractivity contribution in [2.24, 2.45) is 5.73 Å². The molecule has 3 aliphatic heterocycles. The van der Waals surface area contributed by atoms with E-state index in [0.29, 0.717) is 5.75 Å². The number of carboxylic acids is 1. The molecule has 0 aliphatic carbocycles. The molecule has 0 saturated carbocycles. The van der Waals surface area contributed by atoms with Crippen molar-refractivity contribution in [3.63, 3.8) is 0 Å². The van der Waals surface area contributed by atoms with Gasteiger partial charge in [-0.3, -0.25) is 9.69 Å². The lowest BCUT2D eigenvalue weighted by atomic mass is 10.0. The second-order valence-corrected chi connectivity index (χ2v) is 7.03. The number of amides is 1. The number of aliphatic carboxylic acids is 1. The average Bonchev–Trinajstić information content (AvgIpc) is 2.89. The molecule has 98 valence electrons. The predicted molar refractivity (Wildman–Crippen MR) is 71.2 cm³/mol. The molecular weight excluding hydrogens is 272 g/mol. The minimum atomic E-state index is -0.997. The maximum absolute atomic E-state index is 11.8. The summed E-state index contributed by atoms with van der Waals surface area (Å²) in [6.07, 6.45) is 2.13. The van der Waals surface area contributed by atoms with Crippen LogP contribution in [0.15, 0.2) is 11.3 Å². The predicted octanol–water partition coefficient (Wildman–Crippen LogP) is 0.463. The molecule has 18 heavy (non-hydrogen) atoms. The number of nitrogens with zero attached hydrogens (tertiary/aromatic N) is 1. The molecule has 2 fully saturated rings. The summed E-state index contributed by atoms with van der Waals surface area (Å²) < 4.78 is 0. The topological polar surface area (TPSA) is 83.6 Å². The second-order valence-electron chi connectivity index (χ2n) is 4.62. The Morgan fingerprint density at radius 2 is 2.22 bits per heavy atom. The fourth-order valence-electron chi connectivity index (χ4n) is 2.64. The molecule has 0 aromatic heterocycles. The molecule has 2 unspecified atom stereocenters. The molecule has 5 nitrogen and oxygen atoms in total. The molecular formula is C11H14N2O3S2. The number of thioether (sulfide) groups is 2. The van der Waals surface area contributed by atoms with Crippen LogP contribution >= 0.6 is 23.5 Å². The van der Waals surface area contributed by atoms with Crippen molar-refractivity contribution in [2.45, 2.75) is 29.5 Å².